The van der Waals surface area contributed by atoms with E-state index >= 15 is 0 Å². The van der Waals surface area contributed by atoms with Crippen molar-refractivity contribution >= 4 is 5.97 Å². The number of carbonyl (C=O) groups is 1. The third-order valence-electron chi connectivity index (χ3n) is 3.47. The molecular formula is C14H18FNO3. The van der Waals surface area contributed by atoms with Crippen molar-refractivity contribution in [3.8, 4) is 0 Å². The van der Waals surface area contributed by atoms with Gasteiger partial charge in [-0.3, -0.25) is 4.90 Å². The fraction of sp³-hybridized carbons (Fsp3) is 0.500. The SMILES string of the molecule is COC(=O)C(c1ccc(F)cc1)N1CCC(O)CC1. The number of esters is 1. The Balaban J connectivity index is 2.21. The van der Waals surface area contributed by atoms with E-state index in [4.69, 9.17) is 4.74 Å². The molecule has 1 aromatic rings. The predicted octanol–water partition coefficient (Wildman–Crippen LogP) is 1.50. The number of aliphatic hydroxyl groups is 1. The van der Waals surface area contributed by atoms with Crippen LogP contribution in [0.3, 0.4) is 0 Å². The summed E-state index contributed by atoms with van der Waals surface area (Å²) in [5, 5.41) is 9.52. The van der Waals surface area contributed by atoms with E-state index in [1.54, 1.807) is 12.1 Å². The van der Waals surface area contributed by atoms with Gasteiger partial charge in [0.15, 0.2) is 0 Å². The zero-order valence-corrected chi connectivity index (χ0v) is 10.9. The minimum Gasteiger partial charge on any atom is -0.468 e. The molecule has 104 valence electrons. The molecule has 1 N–H and O–H groups in total. The van der Waals surface area contributed by atoms with E-state index in [-0.39, 0.29) is 17.9 Å². The van der Waals surface area contributed by atoms with Gasteiger partial charge in [-0.25, -0.2) is 9.18 Å². The summed E-state index contributed by atoms with van der Waals surface area (Å²) >= 11 is 0. The van der Waals surface area contributed by atoms with Crippen LogP contribution in [0, 0.1) is 5.82 Å². The molecule has 0 spiro atoms. The quantitative estimate of drug-likeness (QED) is 0.843. The summed E-state index contributed by atoms with van der Waals surface area (Å²) in [4.78, 5) is 13.9. The summed E-state index contributed by atoms with van der Waals surface area (Å²) in [5.41, 5.74) is 0.713. The van der Waals surface area contributed by atoms with Crippen molar-refractivity contribution in [3.63, 3.8) is 0 Å². The van der Waals surface area contributed by atoms with E-state index in [2.05, 4.69) is 0 Å². The number of methoxy groups -OCH3 is 1. The van der Waals surface area contributed by atoms with Gasteiger partial charge in [-0.2, -0.15) is 0 Å². The lowest BCUT2D eigenvalue weighted by Gasteiger charge is -2.34. The van der Waals surface area contributed by atoms with Crippen LogP contribution < -0.4 is 0 Å². The first-order chi connectivity index (χ1) is 9.11. The Hall–Kier alpha value is -1.46. The van der Waals surface area contributed by atoms with Crippen LogP contribution in [0.2, 0.25) is 0 Å². The molecule has 0 aliphatic carbocycles. The van der Waals surface area contributed by atoms with Crippen molar-refractivity contribution < 1.29 is 19.0 Å². The fourth-order valence-corrected chi connectivity index (χ4v) is 2.40. The number of rotatable bonds is 3. The topological polar surface area (TPSA) is 49.8 Å². The maximum atomic E-state index is 13.0. The Kier molecular flexibility index (Phi) is 4.50. The van der Waals surface area contributed by atoms with Crippen LogP contribution >= 0.6 is 0 Å². The number of nitrogens with zero attached hydrogens (tertiary/aromatic N) is 1. The molecule has 0 saturated carbocycles. The molecule has 19 heavy (non-hydrogen) atoms. The minimum absolute atomic E-state index is 0.303. The lowest BCUT2D eigenvalue weighted by atomic mass is 10.0. The molecule has 1 atom stereocenters. The predicted molar refractivity (Wildman–Crippen MR) is 68.0 cm³/mol. The van der Waals surface area contributed by atoms with Crippen LogP contribution in [-0.4, -0.2) is 42.3 Å². The first-order valence-corrected chi connectivity index (χ1v) is 6.37. The van der Waals surface area contributed by atoms with E-state index < -0.39 is 6.04 Å². The maximum absolute atomic E-state index is 13.0. The minimum atomic E-state index is -0.530. The first kappa shape index (κ1) is 14.0. The van der Waals surface area contributed by atoms with Crippen molar-refractivity contribution in [2.75, 3.05) is 20.2 Å². The highest BCUT2D eigenvalue weighted by molar-refractivity contribution is 5.77. The van der Waals surface area contributed by atoms with E-state index in [1.165, 1.54) is 19.2 Å². The molecule has 0 aromatic heterocycles. The third kappa shape index (κ3) is 3.30. The Morgan fingerprint density at radius 1 is 1.37 bits per heavy atom. The van der Waals surface area contributed by atoms with E-state index in [1.807, 2.05) is 4.90 Å². The highest BCUT2D eigenvalue weighted by atomic mass is 19.1. The van der Waals surface area contributed by atoms with Gasteiger partial charge in [0.1, 0.15) is 11.9 Å². The summed E-state index contributed by atoms with van der Waals surface area (Å²) in [6.45, 7) is 1.25. The Bertz CT molecular complexity index is 427. The molecule has 0 amide bonds. The number of benzene rings is 1. The molecule has 0 radical (unpaired) electrons. The summed E-state index contributed by atoms with van der Waals surface area (Å²) in [7, 11) is 1.34. The first-order valence-electron chi connectivity index (χ1n) is 6.37. The van der Waals surface area contributed by atoms with Gasteiger partial charge in [0.25, 0.3) is 0 Å². The Morgan fingerprint density at radius 2 is 1.95 bits per heavy atom. The summed E-state index contributed by atoms with van der Waals surface area (Å²) in [5.74, 6) is -0.690. The number of hydrogen-bond donors (Lipinski definition) is 1. The highest BCUT2D eigenvalue weighted by Gasteiger charge is 2.31. The summed E-state index contributed by atoms with van der Waals surface area (Å²) < 4.78 is 17.8. The highest BCUT2D eigenvalue weighted by Crippen LogP contribution is 2.26. The van der Waals surface area contributed by atoms with Gasteiger partial charge in [0.2, 0.25) is 0 Å². The average Bonchev–Trinajstić information content (AvgIpc) is 2.43. The van der Waals surface area contributed by atoms with Crippen LogP contribution in [0.15, 0.2) is 24.3 Å². The van der Waals surface area contributed by atoms with E-state index in [9.17, 15) is 14.3 Å². The Labute approximate surface area is 111 Å². The molecule has 2 rings (SSSR count). The standard InChI is InChI=1S/C14H18FNO3/c1-19-14(18)13(10-2-4-11(15)5-3-10)16-8-6-12(17)7-9-16/h2-5,12-13,17H,6-9H2,1H3. The van der Waals surface area contributed by atoms with Gasteiger partial charge >= 0.3 is 5.97 Å². The van der Waals surface area contributed by atoms with E-state index in [0.717, 1.165) is 0 Å². The number of aliphatic hydroxyl groups excluding tert-OH is 1. The molecule has 1 heterocycles. The molecular weight excluding hydrogens is 249 g/mol. The second-order valence-electron chi connectivity index (χ2n) is 4.74. The van der Waals surface area contributed by atoms with Gasteiger partial charge in [-0.15, -0.1) is 0 Å². The molecule has 1 fully saturated rings. The molecule has 0 bridgehead atoms. The molecule has 1 aliphatic rings. The van der Waals surface area contributed by atoms with Gasteiger partial charge in [0.05, 0.1) is 13.2 Å². The Morgan fingerprint density at radius 3 is 2.47 bits per heavy atom. The number of hydrogen-bond acceptors (Lipinski definition) is 4. The fourth-order valence-electron chi connectivity index (χ4n) is 2.40. The van der Waals surface area contributed by atoms with Crippen molar-refractivity contribution in [1.29, 1.82) is 0 Å². The van der Waals surface area contributed by atoms with Crippen LogP contribution in [-0.2, 0) is 9.53 Å². The smallest absolute Gasteiger partial charge is 0.327 e. The summed E-state index contributed by atoms with van der Waals surface area (Å²) in [6.07, 6.45) is 0.964. The van der Waals surface area contributed by atoms with E-state index in [0.29, 0.717) is 31.5 Å². The number of likely N-dealkylation sites (tertiary alicyclic amines) is 1. The molecule has 1 saturated heterocycles. The summed E-state index contributed by atoms with van der Waals surface area (Å²) in [6, 6.07) is 5.34. The number of ether oxygens (including phenoxy) is 1. The van der Waals surface area contributed by atoms with Crippen molar-refractivity contribution in [1.82, 2.24) is 4.90 Å². The van der Waals surface area contributed by atoms with Crippen LogP contribution in [0.25, 0.3) is 0 Å². The number of piperidine rings is 1. The molecule has 4 nitrogen and oxygen atoms in total. The van der Waals surface area contributed by atoms with Gasteiger partial charge < -0.3 is 9.84 Å². The lowest BCUT2D eigenvalue weighted by Crippen LogP contribution is -2.41. The molecule has 1 unspecified atom stereocenters. The molecule has 1 aliphatic heterocycles. The van der Waals surface area contributed by atoms with Crippen molar-refractivity contribution in [3.05, 3.63) is 35.6 Å². The van der Waals surface area contributed by atoms with Crippen LogP contribution in [0.1, 0.15) is 24.4 Å². The maximum Gasteiger partial charge on any atom is 0.327 e. The van der Waals surface area contributed by atoms with Gasteiger partial charge in [-0.05, 0) is 30.5 Å². The van der Waals surface area contributed by atoms with Crippen LogP contribution in [0.5, 0.6) is 0 Å². The normalized spacial score (nSPS) is 19.1. The zero-order valence-electron chi connectivity index (χ0n) is 10.9. The number of carbonyl (C=O) groups excluding carboxylic acids is 1. The lowest BCUT2D eigenvalue weighted by molar-refractivity contribution is -0.148. The largest absolute Gasteiger partial charge is 0.468 e. The molecule has 1 aromatic carbocycles. The van der Waals surface area contributed by atoms with Crippen molar-refractivity contribution in [2.24, 2.45) is 0 Å². The van der Waals surface area contributed by atoms with Gasteiger partial charge in [0, 0.05) is 13.1 Å². The second kappa shape index (κ2) is 6.12. The zero-order chi connectivity index (χ0) is 13.8. The van der Waals surface area contributed by atoms with Crippen LogP contribution in [0.4, 0.5) is 4.39 Å². The monoisotopic (exact) mass is 267 g/mol. The van der Waals surface area contributed by atoms with Crippen molar-refractivity contribution in [2.45, 2.75) is 25.0 Å². The average molecular weight is 267 g/mol. The van der Waals surface area contributed by atoms with Gasteiger partial charge in [-0.1, -0.05) is 12.1 Å². The number of halogens is 1. The molecule has 5 heteroatoms. The third-order valence-corrected chi connectivity index (χ3v) is 3.47. The second-order valence-corrected chi connectivity index (χ2v) is 4.74.